The first kappa shape index (κ1) is 23.0. The molecule has 4 aromatic rings. The third-order valence-corrected chi connectivity index (χ3v) is 7.14. The molecule has 180 valence electrons. The van der Waals surface area contributed by atoms with Gasteiger partial charge in [0.25, 0.3) is 5.56 Å². The van der Waals surface area contributed by atoms with Gasteiger partial charge in [0, 0.05) is 23.9 Å². The highest BCUT2D eigenvalue weighted by Crippen LogP contribution is 2.34. The Kier molecular flexibility index (Phi) is 5.98. The Morgan fingerprint density at radius 1 is 1.14 bits per heavy atom. The standard InChI is InChI=1S/C25H25N5O4S/c1-14-5-7-19(15(2)9-14)30-23-18(12-26-30)24(32)29-17(13-35-25(29)28-23)11-22(31)27-16-6-8-20(33-3)21(10-16)34-4/h5-10,12,17H,11,13H2,1-4H3,(H,27,31). The summed E-state index contributed by atoms with van der Waals surface area (Å²) in [5, 5.41) is 8.37. The van der Waals surface area contributed by atoms with Crippen LogP contribution in [-0.4, -0.2) is 45.2 Å². The van der Waals surface area contributed by atoms with E-state index in [1.165, 1.54) is 11.8 Å². The van der Waals surface area contributed by atoms with Crippen LogP contribution in [0.25, 0.3) is 16.7 Å². The summed E-state index contributed by atoms with van der Waals surface area (Å²) in [6.45, 7) is 4.05. The third-order valence-electron chi connectivity index (χ3n) is 6.04. The predicted molar refractivity (Wildman–Crippen MR) is 135 cm³/mol. The first-order valence-corrected chi connectivity index (χ1v) is 12.1. The maximum Gasteiger partial charge on any atom is 0.265 e. The van der Waals surface area contributed by atoms with Gasteiger partial charge in [0.1, 0.15) is 5.39 Å². The van der Waals surface area contributed by atoms with Crippen molar-refractivity contribution < 1.29 is 14.3 Å². The van der Waals surface area contributed by atoms with Gasteiger partial charge in [-0.2, -0.15) is 5.10 Å². The molecule has 1 atom stereocenters. The maximum absolute atomic E-state index is 13.4. The number of fused-ring (bicyclic) bond motifs is 2. The van der Waals surface area contributed by atoms with E-state index in [0.717, 1.165) is 16.8 Å². The van der Waals surface area contributed by atoms with E-state index in [4.69, 9.17) is 14.5 Å². The van der Waals surface area contributed by atoms with Crippen LogP contribution in [0.3, 0.4) is 0 Å². The minimum atomic E-state index is -0.302. The summed E-state index contributed by atoms with van der Waals surface area (Å²) >= 11 is 1.47. The van der Waals surface area contributed by atoms with E-state index in [0.29, 0.717) is 39.1 Å². The van der Waals surface area contributed by atoms with Gasteiger partial charge in [-0.1, -0.05) is 29.5 Å². The highest BCUT2D eigenvalue weighted by molar-refractivity contribution is 7.99. The molecule has 0 fully saturated rings. The van der Waals surface area contributed by atoms with Crippen molar-refractivity contribution >= 4 is 34.4 Å². The molecule has 1 aliphatic heterocycles. The van der Waals surface area contributed by atoms with Gasteiger partial charge in [0.15, 0.2) is 22.3 Å². The summed E-state index contributed by atoms with van der Waals surface area (Å²) in [4.78, 5) is 31.0. The van der Waals surface area contributed by atoms with Gasteiger partial charge in [0.05, 0.1) is 32.1 Å². The molecule has 1 aliphatic rings. The van der Waals surface area contributed by atoms with Crippen molar-refractivity contribution in [1.29, 1.82) is 0 Å². The van der Waals surface area contributed by atoms with Gasteiger partial charge in [-0.15, -0.1) is 0 Å². The molecule has 0 saturated carbocycles. The number of nitrogens with one attached hydrogen (secondary N) is 1. The van der Waals surface area contributed by atoms with E-state index in [1.54, 1.807) is 47.9 Å². The number of anilines is 1. The van der Waals surface area contributed by atoms with Crippen LogP contribution in [0, 0.1) is 13.8 Å². The smallest absolute Gasteiger partial charge is 0.265 e. The molecular formula is C25H25N5O4S. The molecule has 35 heavy (non-hydrogen) atoms. The lowest BCUT2D eigenvalue weighted by Crippen LogP contribution is -2.27. The Hall–Kier alpha value is -3.79. The number of benzene rings is 2. The molecule has 9 nitrogen and oxygen atoms in total. The topological polar surface area (TPSA) is 100 Å². The van der Waals surface area contributed by atoms with Gasteiger partial charge in [0.2, 0.25) is 5.91 Å². The second kappa shape index (κ2) is 9.10. The second-order valence-corrected chi connectivity index (χ2v) is 9.43. The summed E-state index contributed by atoms with van der Waals surface area (Å²) in [5.74, 6) is 1.49. The summed E-state index contributed by atoms with van der Waals surface area (Å²) < 4.78 is 13.9. The zero-order valence-corrected chi connectivity index (χ0v) is 20.7. The molecular weight excluding hydrogens is 466 g/mol. The van der Waals surface area contributed by atoms with Crippen LogP contribution in [0.15, 0.2) is 52.5 Å². The Bertz CT molecular complexity index is 1510. The summed E-state index contributed by atoms with van der Waals surface area (Å²) in [7, 11) is 3.10. The predicted octanol–water partition coefficient (Wildman–Crippen LogP) is 3.89. The molecule has 0 saturated heterocycles. The molecule has 0 aliphatic carbocycles. The van der Waals surface area contributed by atoms with Crippen molar-refractivity contribution in [3.8, 4) is 17.2 Å². The average Bonchev–Trinajstić information content (AvgIpc) is 3.44. The zero-order valence-electron chi connectivity index (χ0n) is 19.9. The number of thioether (sulfide) groups is 1. The van der Waals surface area contributed by atoms with Crippen molar-refractivity contribution in [1.82, 2.24) is 19.3 Å². The fraction of sp³-hybridized carbons (Fsp3) is 0.280. The first-order chi connectivity index (χ1) is 16.9. The number of nitrogens with zero attached hydrogens (tertiary/aromatic N) is 4. The highest BCUT2D eigenvalue weighted by atomic mass is 32.2. The number of carbonyl (C=O) groups is 1. The molecule has 3 heterocycles. The Balaban J connectivity index is 1.41. The minimum Gasteiger partial charge on any atom is -0.493 e. The Morgan fingerprint density at radius 3 is 2.69 bits per heavy atom. The molecule has 0 bridgehead atoms. The van der Waals surface area contributed by atoms with Crippen LogP contribution in [0.1, 0.15) is 23.6 Å². The number of carbonyl (C=O) groups excluding carboxylic acids is 1. The largest absolute Gasteiger partial charge is 0.493 e. The molecule has 1 amide bonds. The molecule has 10 heteroatoms. The van der Waals surface area contributed by atoms with Crippen molar-refractivity contribution in [2.75, 3.05) is 25.3 Å². The Morgan fingerprint density at radius 2 is 1.94 bits per heavy atom. The number of methoxy groups -OCH3 is 2. The van der Waals surface area contributed by atoms with E-state index in [2.05, 4.69) is 16.5 Å². The summed E-state index contributed by atoms with van der Waals surface area (Å²) in [5.41, 5.74) is 4.02. The van der Waals surface area contributed by atoms with Gasteiger partial charge < -0.3 is 14.8 Å². The van der Waals surface area contributed by atoms with E-state index < -0.39 is 0 Å². The fourth-order valence-electron chi connectivity index (χ4n) is 4.34. The number of hydrogen-bond acceptors (Lipinski definition) is 7. The van der Waals surface area contributed by atoms with Crippen molar-refractivity contribution in [3.63, 3.8) is 0 Å². The number of rotatable bonds is 6. The minimum absolute atomic E-state index is 0.145. The van der Waals surface area contributed by atoms with E-state index in [1.807, 2.05) is 26.0 Å². The van der Waals surface area contributed by atoms with Crippen LogP contribution in [0.5, 0.6) is 11.5 Å². The molecule has 0 spiro atoms. The van der Waals surface area contributed by atoms with Crippen molar-refractivity contribution in [3.05, 3.63) is 64.1 Å². The molecule has 2 aromatic heterocycles. The van der Waals surface area contributed by atoms with E-state index >= 15 is 0 Å². The lowest BCUT2D eigenvalue weighted by Gasteiger charge is -2.14. The first-order valence-electron chi connectivity index (χ1n) is 11.1. The number of amides is 1. The summed E-state index contributed by atoms with van der Waals surface area (Å²) in [6, 6.07) is 10.9. The van der Waals surface area contributed by atoms with Crippen molar-refractivity contribution in [2.24, 2.45) is 0 Å². The van der Waals surface area contributed by atoms with Gasteiger partial charge in [-0.3, -0.25) is 14.2 Å². The molecule has 5 rings (SSSR count). The maximum atomic E-state index is 13.4. The van der Waals surface area contributed by atoms with Crippen LogP contribution >= 0.6 is 11.8 Å². The van der Waals surface area contributed by atoms with Crippen LogP contribution < -0.4 is 20.3 Å². The lowest BCUT2D eigenvalue weighted by molar-refractivity contribution is -0.116. The average molecular weight is 492 g/mol. The number of hydrogen-bond donors (Lipinski definition) is 1. The van der Waals surface area contributed by atoms with Crippen LogP contribution in [0.2, 0.25) is 0 Å². The summed E-state index contributed by atoms with van der Waals surface area (Å²) in [6.07, 6.45) is 1.70. The molecule has 2 aromatic carbocycles. The molecule has 1 N–H and O–H groups in total. The van der Waals surface area contributed by atoms with Gasteiger partial charge >= 0.3 is 0 Å². The van der Waals surface area contributed by atoms with Crippen LogP contribution in [0.4, 0.5) is 5.69 Å². The van der Waals surface area contributed by atoms with Crippen molar-refractivity contribution in [2.45, 2.75) is 31.5 Å². The van der Waals surface area contributed by atoms with Crippen LogP contribution in [-0.2, 0) is 4.79 Å². The fourth-order valence-corrected chi connectivity index (χ4v) is 5.47. The quantitative estimate of drug-likeness (QED) is 0.409. The number of aryl methyl sites for hydroxylation is 2. The number of aromatic nitrogens is 4. The highest BCUT2D eigenvalue weighted by Gasteiger charge is 2.30. The third kappa shape index (κ3) is 4.14. The molecule has 0 radical (unpaired) electrons. The SMILES string of the molecule is COc1ccc(NC(=O)CC2CSc3nc4c(cnn4-c4ccc(C)cc4C)c(=O)n32)cc1OC. The monoisotopic (exact) mass is 491 g/mol. The van der Waals surface area contributed by atoms with E-state index in [9.17, 15) is 9.59 Å². The second-order valence-electron chi connectivity index (χ2n) is 8.44. The number of ether oxygens (including phenoxy) is 2. The van der Waals surface area contributed by atoms with Gasteiger partial charge in [-0.05, 0) is 37.6 Å². The van der Waals surface area contributed by atoms with Gasteiger partial charge in [-0.25, -0.2) is 9.67 Å². The normalized spacial score (nSPS) is 14.7. The zero-order chi connectivity index (χ0) is 24.7. The molecule has 1 unspecified atom stereocenters. The lowest BCUT2D eigenvalue weighted by atomic mass is 10.1. The Labute approximate surface area is 206 Å². The van der Waals surface area contributed by atoms with E-state index in [-0.39, 0.29) is 23.9 Å².